The fraction of sp³-hybridized carbons (Fsp3) is 0.429. The van der Waals surface area contributed by atoms with Crippen LogP contribution in [0.3, 0.4) is 0 Å². The van der Waals surface area contributed by atoms with Gasteiger partial charge >= 0.3 is 5.76 Å². The third kappa shape index (κ3) is 2.60. The number of benzene rings is 1. The van der Waals surface area contributed by atoms with E-state index in [4.69, 9.17) is 4.42 Å². The third-order valence-corrected chi connectivity index (χ3v) is 3.68. The van der Waals surface area contributed by atoms with Crippen molar-refractivity contribution in [2.45, 2.75) is 25.8 Å². The van der Waals surface area contributed by atoms with Crippen molar-refractivity contribution >= 4 is 22.7 Å². The first-order chi connectivity index (χ1) is 9.61. The Kier molecular flexibility index (Phi) is 3.31. The normalized spacial score (nSPS) is 22.9. The van der Waals surface area contributed by atoms with Gasteiger partial charge in [0.1, 0.15) is 0 Å². The van der Waals surface area contributed by atoms with Gasteiger partial charge in [-0.3, -0.25) is 9.78 Å². The molecule has 6 heteroatoms. The Bertz CT molecular complexity index is 688. The average Bonchev–Trinajstić information content (AvgIpc) is 2.78. The van der Waals surface area contributed by atoms with E-state index in [1.54, 1.807) is 18.2 Å². The van der Waals surface area contributed by atoms with Crippen molar-refractivity contribution in [1.82, 2.24) is 10.3 Å². The lowest BCUT2D eigenvalue weighted by atomic mass is 9.92. The molecule has 1 aliphatic heterocycles. The van der Waals surface area contributed by atoms with Gasteiger partial charge in [-0.1, -0.05) is 0 Å². The van der Waals surface area contributed by atoms with Crippen molar-refractivity contribution in [1.29, 1.82) is 0 Å². The van der Waals surface area contributed by atoms with E-state index in [1.165, 1.54) is 0 Å². The molecule has 1 aliphatic rings. The smallest absolute Gasteiger partial charge is 0.408 e. The molecule has 3 rings (SSSR count). The molecule has 2 atom stereocenters. The summed E-state index contributed by atoms with van der Waals surface area (Å²) in [5, 5.41) is 6.23. The van der Waals surface area contributed by atoms with Gasteiger partial charge in [-0.25, -0.2) is 4.79 Å². The minimum absolute atomic E-state index is 0.0311. The highest BCUT2D eigenvalue weighted by Gasteiger charge is 2.24. The zero-order valence-corrected chi connectivity index (χ0v) is 11.2. The van der Waals surface area contributed by atoms with Crippen LogP contribution in [0.5, 0.6) is 0 Å². The largest absolute Gasteiger partial charge is 0.417 e. The molecular formula is C14H17N3O3. The van der Waals surface area contributed by atoms with Gasteiger partial charge in [-0.2, -0.15) is 0 Å². The maximum absolute atomic E-state index is 12.2. The first-order valence-corrected chi connectivity index (χ1v) is 6.79. The number of carbonyl (C=O) groups excluding carboxylic acids is 1. The number of piperidine rings is 1. The van der Waals surface area contributed by atoms with E-state index >= 15 is 0 Å². The Morgan fingerprint density at radius 3 is 3.10 bits per heavy atom. The first-order valence-electron chi connectivity index (χ1n) is 6.79. The van der Waals surface area contributed by atoms with Crippen molar-refractivity contribution in [2.75, 3.05) is 11.9 Å². The Morgan fingerprint density at radius 1 is 1.45 bits per heavy atom. The van der Waals surface area contributed by atoms with E-state index in [9.17, 15) is 9.59 Å². The number of aromatic nitrogens is 1. The van der Waals surface area contributed by atoms with Crippen molar-refractivity contribution in [3.63, 3.8) is 0 Å². The van der Waals surface area contributed by atoms with Crippen molar-refractivity contribution in [3.05, 3.63) is 28.7 Å². The number of hydrogen-bond acceptors (Lipinski definition) is 4. The van der Waals surface area contributed by atoms with E-state index in [-0.39, 0.29) is 11.8 Å². The van der Waals surface area contributed by atoms with Gasteiger partial charge < -0.3 is 15.1 Å². The monoisotopic (exact) mass is 275 g/mol. The molecular weight excluding hydrogens is 258 g/mol. The standard InChI is InChI=1S/C14H17N3O3/c1-8-6-9(4-5-15-8)13(18)16-10-2-3-12-11(7-10)17-14(19)20-12/h2-3,7-9,15H,4-6H2,1H3,(H,16,18)(H,17,19). The van der Waals surface area contributed by atoms with Gasteiger partial charge in [0.2, 0.25) is 5.91 Å². The van der Waals surface area contributed by atoms with E-state index < -0.39 is 5.76 Å². The Labute approximate surface area is 115 Å². The molecule has 0 saturated carbocycles. The van der Waals surface area contributed by atoms with E-state index in [0.717, 1.165) is 19.4 Å². The second kappa shape index (κ2) is 5.13. The van der Waals surface area contributed by atoms with Gasteiger partial charge in [0.25, 0.3) is 0 Å². The maximum atomic E-state index is 12.2. The number of rotatable bonds is 2. The predicted octanol–water partition coefficient (Wildman–Crippen LogP) is 1.45. The van der Waals surface area contributed by atoms with Crippen molar-refractivity contribution in [2.24, 2.45) is 5.92 Å². The molecule has 3 N–H and O–H groups in total. The first kappa shape index (κ1) is 12.9. The second-order valence-corrected chi connectivity index (χ2v) is 5.29. The number of hydrogen-bond donors (Lipinski definition) is 3. The van der Waals surface area contributed by atoms with Gasteiger partial charge in [0.05, 0.1) is 5.52 Å². The number of aromatic amines is 1. The molecule has 0 bridgehead atoms. The molecule has 2 aromatic rings. The number of H-pyrrole nitrogens is 1. The molecule has 0 aliphatic carbocycles. The molecule has 1 saturated heterocycles. The van der Waals surface area contributed by atoms with Gasteiger partial charge in [-0.15, -0.1) is 0 Å². The van der Waals surface area contributed by atoms with Crippen LogP contribution in [0.4, 0.5) is 5.69 Å². The molecule has 2 heterocycles. The highest BCUT2D eigenvalue weighted by Crippen LogP contribution is 2.20. The molecule has 1 amide bonds. The lowest BCUT2D eigenvalue weighted by Crippen LogP contribution is -2.40. The molecule has 106 valence electrons. The minimum Gasteiger partial charge on any atom is -0.408 e. The summed E-state index contributed by atoms with van der Waals surface area (Å²) in [6, 6.07) is 5.49. The topological polar surface area (TPSA) is 87.1 Å². The van der Waals surface area contributed by atoms with Crippen molar-refractivity contribution < 1.29 is 9.21 Å². The highest BCUT2D eigenvalue weighted by atomic mass is 16.4. The molecule has 20 heavy (non-hydrogen) atoms. The van der Waals surface area contributed by atoms with Crippen LogP contribution < -0.4 is 16.4 Å². The van der Waals surface area contributed by atoms with Crippen LogP contribution in [0.25, 0.3) is 11.1 Å². The van der Waals surface area contributed by atoms with E-state index in [2.05, 4.69) is 22.5 Å². The molecule has 1 aromatic carbocycles. The summed E-state index contributed by atoms with van der Waals surface area (Å²) >= 11 is 0. The minimum atomic E-state index is -0.490. The summed E-state index contributed by atoms with van der Waals surface area (Å²) in [6.45, 7) is 2.95. The zero-order chi connectivity index (χ0) is 14.1. The number of fused-ring (bicyclic) bond motifs is 1. The lowest BCUT2D eigenvalue weighted by Gasteiger charge is -2.27. The van der Waals surface area contributed by atoms with Crippen LogP contribution in [0.1, 0.15) is 19.8 Å². The van der Waals surface area contributed by atoms with Crippen LogP contribution >= 0.6 is 0 Å². The fourth-order valence-electron chi connectivity index (χ4n) is 2.64. The van der Waals surface area contributed by atoms with Crippen molar-refractivity contribution in [3.8, 4) is 0 Å². The lowest BCUT2D eigenvalue weighted by molar-refractivity contribution is -0.120. The van der Waals surface area contributed by atoms with Gasteiger partial charge in [0, 0.05) is 17.6 Å². The van der Waals surface area contributed by atoms with Crippen LogP contribution in [0.2, 0.25) is 0 Å². The number of amides is 1. The van der Waals surface area contributed by atoms with Gasteiger partial charge in [-0.05, 0) is 44.5 Å². The number of nitrogens with one attached hydrogen (secondary N) is 3. The summed E-state index contributed by atoms with van der Waals surface area (Å²) in [5.41, 5.74) is 1.75. The Morgan fingerprint density at radius 2 is 2.30 bits per heavy atom. The summed E-state index contributed by atoms with van der Waals surface area (Å²) in [4.78, 5) is 25.9. The zero-order valence-electron chi connectivity index (χ0n) is 11.2. The SMILES string of the molecule is CC1CC(C(=O)Nc2ccc3oc(=O)[nH]c3c2)CCN1. The third-order valence-electron chi connectivity index (χ3n) is 3.68. The molecule has 6 nitrogen and oxygen atoms in total. The number of oxazole rings is 1. The van der Waals surface area contributed by atoms with Gasteiger partial charge in [0.15, 0.2) is 5.58 Å². The molecule has 1 fully saturated rings. The van der Waals surface area contributed by atoms with Crippen LogP contribution in [-0.4, -0.2) is 23.5 Å². The van der Waals surface area contributed by atoms with Crippen LogP contribution in [0, 0.1) is 5.92 Å². The van der Waals surface area contributed by atoms with Crippen LogP contribution in [0.15, 0.2) is 27.4 Å². The summed E-state index contributed by atoms with van der Waals surface area (Å²) < 4.78 is 4.93. The van der Waals surface area contributed by atoms with E-state index in [1.807, 2.05) is 0 Å². The highest BCUT2D eigenvalue weighted by molar-refractivity contribution is 5.94. The number of carbonyl (C=O) groups is 1. The summed E-state index contributed by atoms with van der Waals surface area (Å²) in [7, 11) is 0. The summed E-state index contributed by atoms with van der Waals surface area (Å²) in [6.07, 6.45) is 1.69. The molecule has 2 unspecified atom stereocenters. The number of anilines is 1. The summed E-state index contributed by atoms with van der Waals surface area (Å²) in [5.74, 6) is -0.426. The molecule has 0 spiro atoms. The quantitative estimate of drug-likeness (QED) is 0.774. The van der Waals surface area contributed by atoms with E-state index in [0.29, 0.717) is 22.8 Å². The Hall–Kier alpha value is -2.08. The maximum Gasteiger partial charge on any atom is 0.417 e. The fourth-order valence-corrected chi connectivity index (χ4v) is 2.64. The molecule has 1 aromatic heterocycles. The Balaban J connectivity index is 1.74. The van der Waals surface area contributed by atoms with Crippen LogP contribution in [-0.2, 0) is 4.79 Å². The molecule has 0 radical (unpaired) electrons. The average molecular weight is 275 g/mol. The second-order valence-electron chi connectivity index (χ2n) is 5.29. The predicted molar refractivity (Wildman–Crippen MR) is 75.7 cm³/mol.